The summed E-state index contributed by atoms with van der Waals surface area (Å²) in [6.45, 7) is 0.608. The van der Waals surface area contributed by atoms with Gasteiger partial charge >= 0.3 is 5.97 Å². The highest BCUT2D eigenvalue weighted by Crippen LogP contribution is 2.10. The fourth-order valence-corrected chi connectivity index (χ4v) is 0.772. The molecule has 1 rings (SSSR count). The van der Waals surface area contributed by atoms with Gasteiger partial charge in [0.05, 0.1) is 0 Å². The molecule has 11 heavy (non-hydrogen) atoms. The highest BCUT2D eigenvalue weighted by Gasteiger charge is 2.21. The topological polar surface area (TPSA) is 46.5 Å². The molecule has 1 heterocycles. The molecule has 1 atom stereocenters. The monoisotopic (exact) mass is 176 g/mol. The van der Waals surface area contributed by atoms with Gasteiger partial charge in [-0.25, -0.2) is 4.79 Å². The zero-order chi connectivity index (χ0) is 5.98. The van der Waals surface area contributed by atoms with Gasteiger partial charge in [0, 0.05) is 6.61 Å². The van der Waals surface area contributed by atoms with E-state index in [4.69, 9.17) is 9.84 Å². The first-order valence-corrected chi connectivity index (χ1v) is 2.65. The summed E-state index contributed by atoms with van der Waals surface area (Å²) in [7, 11) is 0. The number of halogens is 3. The van der Waals surface area contributed by atoms with E-state index in [2.05, 4.69) is 0 Å². The van der Waals surface area contributed by atoms with E-state index in [0.29, 0.717) is 13.0 Å². The van der Waals surface area contributed by atoms with Crippen LogP contribution in [-0.2, 0) is 9.53 Å². The van der Waals surface area contributed by atoms with Crippen LogP contribution in [0.2, 0.25) is 0 Å². The zero-order valence-corrected chi connectivity index (χ0v) is 5.69. The second-order valence-corrected chi connectivity index (χ2v) is 1.84. The molecule has 3 nitrogen and oxygen atoms in total. The van der Waals surface area contributed by atoms with Crippen LogP contribution in [0.25, 0.3) is 0 Å². The van der Waals surface area contributed by atoms with Crippen molar-refractivity contribution >= 4 is 5.97 Å². The van der Waals surface area contributed by atoms with E-state index in [9.17, 15) is 4.79 Å². The molecular formula is C5H11F3O3. The molecule has 6 heteroatoms. The van der Waals surface area contributed by atoms with Gasteiger partial charge in [0.25, 0.3) is 0 Å². The summed E-state index contributed by atoms with van der Waals surface area (Å²) in [4.78, 5) is 10.1. The summed E-state index contributed by atoms with van der Waals surface area (Å²) in [5, 5.41) is 8.29. The first-order chi connectivity index (χ1) is 3.80. The normalized spacial score (nSPS) is 20.5. The molecule has 1 saturated heterocycles. The predicted octanol–water partition coefficient (Wildman–Crippen LogP) is 0.708. The maximum Gasteiger partial charge on any atom is 0.332 e. The SMILES string of the molecule is F.F.F.O=C(O)C1CCCO1. The van der Waals surface area contributed by atoms with Crippen LogP contribution in [0.15, 0.2) is 0 Å². The van der Waals surface area contributed by atoms with E-state index in [1.165, 1.54) is 0 Å². The van der Waals surface area contributed by atoms with Crippen molar-refractivity contribution in [1.82, 2.24) is 0 Å². The van der Waals surface area contributed by atoms with Crippen molar-refractivity contribution in [3.63, 3.8) is 0 Å². The average Bonchev–Trinajstić information content (AvgIpc) is 2.12. The molecule has 0 aromatic rings. The molecule has 0 aromatic heterocycles. The van der Waals surface area contributed by atoms with Crippen molar-refractivity contribution in [1.29, 1.82) is 0 Å². The summed E-state index contributed by atoms with van der Waals surface area (Å²) < 4.78 is 4.81. The van der Waals surface area contributed by atoms with Crippen LogP contribution in [0.4, 0.5) is 14.1 Å². The lowest BCUT2D eigenvalue weighted by molar-refractivity contribution is -0.147. The minimum atomic E-state index is -0.831. The van der Waals surface area contributed by atoms with Gasteiger partial charge in [0.2, 0.25) is 0 Å². The van der Waals surface area contributed by atoms with Gasteiger partial charge in [-0.05, 0) is 12.8 Å². The number of ether oxygens (including phenoxy) is 1. The molecule has 1 unspecified atom stereocenters. The number of carboxylic acids is 1. The summed E-state index contributed by atoms with van der Waals surface area (Å²) in [6.07, 6.45) is 1.04. The van der Waals surface area contributed by atoms with Gasteiger partial charge in [0.1, 0.15) is 0 Å². The summed E-state index contributed by atoms with van der Waals surface area (Å²) >= 11 is 0. The third-order valence-electron chi connectivity index (χ3n) is 1.21. The van der Waals surface area contributed by atoms with Crippen molar-refractivity contribution in [3.05, 3.63) is 0 Å². The molecule has 1 N–H and O–H groups in total. The van der Waals surface area contributed by atoms with Crippen LogP contribution >= 0.6 is 0 Å². The zero-order valence-electron chi connectivity index (χ0n) is 5.69. The van der Waals surface area contributed by atoms with Crippen molar-refractivity contribution in [3.8, 4) is 0 Å². The Kier molecular flexibility index (Phi) is 11.1. The van der Waals surface area contributed by atoms with E-state index >= 15 is 0 Å². The van der Waals surface area contributed by atoms with Gasteiger partial charge < -0.3 is 9.84 Å². The lowest BCUT2D eigenvalue weighted by Gasteiger charge is -1.98. The van der Waals surface area contributed by atoms with Gasteiger partial charge in [-0.15, -0.1) is 0 Å². The van der Waals surface area contributed by atoms with Crippen LogP contribution < -0.4 is 0 Å². The quantitative estimate of drug-likeness (QED) is 0.639. The fraction of sp³-hybridized carbons (Fsp3) is 0.800. The molecule has 1 fully saturated rings. The fourth-order valence-electron chi connectivity index (χ4n) is 0.772. The number of aliphatic carboxylic acids is 1. The van der Waals surface area contributed by atoms with Crippen molar-refractivity contribution in [2.45, 2.75) is 18.9 Å². The molecule has 0 bridgehead atoms. The molecule has 70 valence electrons. The van der Waals surface area contributed by atoms with Crippen LogP contribution in [0.5, 0.6) is 0 Å². The van der Waals surface area contributed by atoms with Crippen LogP contribution in [0.1, 0.15) is 12.8 Å². The minimum absolute atomic E-state index is 0. The Bertz CT molecular complexity index is 103. The third-order valence-corrected chi connectivity index (χ3v) is 1.21. The standard InChI is InChI=1S/C5H8O3.3FH/c6-5(7)4-2-1-3-8-4;;;/h4H,1-3H2,(H,6,7);3*1H. The number of hydrogen-bond donors (Lipinski definition) is 1. The minimum Gasteiger partial charge on any atom is -0.479 e. The van der Waals surface area contributed by atoms with Gasteiger partial charge in [0.15, 0.2) is 6.10 Å². The molecule has 1 aliphatic rings. The number of carboxylic acid groups (broad SMARTS) is 1. The van der Waals surface area contributed by atoms with Crippen molar-refractivity contribution < 1.29 is 28.8 Å². The van der Waals surface area contributed by atoms with Crippen LogP contribution in [0, 0.1) is 0 Å². The molecule has 0 radical (unpaired) electrons. The second-order valence-electron chi connectivity index (χ2n) is 1.84. The Morgan fingerprint density at radius 1 is 1.36 bits per heavy atom. The largest absolute Gasteiger partial charge is 0.479 e. The Hall–Kier alpha value is -0.780. The van der Waals surface area contributed by atoms with Gasteiger partial charge in [-0.1, -0.05) is 0 Å². The average molecular weight is 176 g/mol. The summed E-state index contributed by atoms with van der Waals surface area (Å²) in [6, 6.07) is 0. The first-order valence-electron chi connectivity index (χ1n) is 2.65. The van der Waals surface area contributed by atoms with Gasteiger partial charge in [-0.3, -0.25) is 14.1 Å². The highest BCUT2D eigenvalue weighted by atomic mass is 19.0. The Balaban J connectivity index is -0.000000213. The van der Waals surface area contributed by atoms with Gasteiger partial charge in [-0.2, -0.15) is 0 Å². The molecule has 0 aromatic carbocycles. The second kappa shape index (κ2) is 7.33. The first kappa shape index (κ1) is 16.7. The van der Waals surface area contributed by atoms with E-state index in [1.54, 1.807) is 0 Å². The molecule has 0 amide bonds. The van der Waals surface area contributed by atoms with Crippen LogP contribution in [0.3, 0.4) is 0 Å². The lowest BCUT2D eigenvalue weighted by atomic mass is 10.2. The predicted molar refractivity (Wildman–Crippen MR) is 34.1 cm³/mol. The lowest BCUT2D eigenvalue weighted by Crippen LogP contribution is -2.17. The smallest absolute Gasteiger partial charge is 0.332 e. The molecule has 0 spiro atoms. The third kappa shape index (κ3) is 4.60. The van der Waals surface area contributed by atoms with Crippen molar-refractivity contribution in [2.75, 3.05) is 6.61 Å². The summed E-state index contributed by atoms with van der Waals surface area (Å²) in [5.74, 6) is -0.831. The van der Waals surface area contributed by atoms with E-state index in [0.717, 1.165) is 6.42 Å². The maximum absolute atomic E-state index is 10.1. The molecular weight excluding hydrogens is 165 g/mol. The Morgan fingerprint density at radius 2 is 1.91 bits per heavy atom. The summed E-state index contributed by atoms with van der Waals surface area (Å²) in [5.41, 5.74) is 0. The highest BCUT2D eigenvalue weighted by molar-refractivity contribution is 5.72. The number of rotatable bonds is 1. The molecule has 1 aliphatic heterocycles. The molecule has 0 aliphatic carbocycles. The Labute approximate surface area is 61.4 Å². The van der Waals surface area contributed by atoms with E-state index in [-0.39, 0.29) is 14.1 Å². The van der Waals surface area contributed by atoms with Crippen LogP contribution in [-0.4, -0.2) is 23.8 Å². The maximum atomic E-state index is 10.1. The number of carbonyl (C=O) groups is 1. The number of hydrogen-bond acceptors (Lipinski definition) is 2. The van der Waals surface area contributed by atoms with Crippen molar-refractivity contribution in [2.24, 2.45) is 0 Å². The Morgan fingerprint density at radius 3 is 2.09 bits per heavy atom. The van der Waals surface area contributed by atoms with E-state index < -0.39 is 12.1 Å². The van der Waals surface area contributed by atoms with E-state index in [1.807, 2.05) is 0 Å². The molecule has 0 saturated carbocycles.